The summed E-state index contributed by atoms with van der Waals surface area (Å²) in [5.41, 5.74) is 1.10. The van der Waals surface area contributed by atoms with E-state index in [4.69, 9.17) is 17.0 Å². The van der Waals surface area contributed by atoms with Crippen molar-refractivity contribution in [3.05, 3.63) is 64.8 Å². The summed E-state index contributed by atoms with van der Waals surface area (Å²) in [6.45, 7) is 3.00. The van der Waals surface area contributed by atoms with E-state index in [1.54, 1.807) is 29.2 Å². The smallest absolute Gasteiger partial charge is 0.266 e. The van der Waals surface area contributed by atoms with E-state index in [0.29, 0.717) is 40.8 Å². The molecular weight excluding hydrogens is 447 g/mol. The number of hydrogen-bond donors (Lipinski definition) is 1. The Labute approximate surface area is 197 Å². The molecule has 1 aliphatic rings. The molecule has 1 aliphatic heterocycles. The molecule has 0 spiro atoms. The minimum atomic E-state index is -0.374. The van der Waals surface area contributed by atoms with Crippen LogP contribution in [0.4, 0.5) is 10.1 Å². The third kappa shape index (κ3) is 6.64. The molecule has 0 saturated carbocycles. The Balaban J connectivity index is 1.39. The molecule has 2 aromatic rings. The van der Waals surface area contributed by atoms with Gasteiger partial charge < -0.3 is 10.1 Å². The quantitative estimate of drug-likeness (QED) is 0.276. The number of carbonyl (C=O) groups is 2. The number of nitrogens with zero attached hydrogens (tertiary/aromatic N) is 1. The van der Waals surface area contributed by atoms with Gasteiger partial charge in [-0.05, 0) is 56.2 Å². The molecule has 0 bridgehead atoms. The first-order chi connectivity index (χ1) is 15.5. The van der Waals surface area contributed by atoms with Gasteiger partial charge in [0.2, 0.25) is 5.91 Å². The molecule has 0 unspecified atom stereocenters. The van der Waals surface area contributed by atoms with E-state index in [1.165, 1.54) is 17.8 Å². The summed E-state index contributed by atoms with van der Waals surface area (Å²) in [6, 6.07) is 13.6. The molecule has 0 aliphatic carbocycles. The highest BCUT2D eigenvalue weighted by molar-refractivity contribution is 8.26. The molecular formula is C24H25FN2O3S2. The average molecular weight is 473 g/mol. The van der Waals surface area contributed by atoms with Gasteiger partial charge in [-0.1, -0.05) is 48.6 Å². The van der Waals surface area contributed by atoms with E-state index >= 15 is 0 Å². The highest BCUT2D eigenvalue weighted by Gasteiger charge is 2.31. The summed E-state index contributed by atoms with van der Waals surface area (Å²) >= 11 is 6.51. The topological polar surface area (TPSA) is 58.6 Å². The lowest BCUT2D eigenvalue weighted by Crippen LogP contribution is -2.29. The Kier molecular flexibility index (Phi) is 8.81. The van der Waals surface area contributed by atoms with E-state index in [1.807, 2.05) is 31.2 Å². The molecule has 8 heteroatoms. The number of benzene rings is 2. The van der Waals surface area contributed by atoms with Crippen molar-refractivity contribution in [2.45, 2.75) is 32.6 Å². The van der Waals surface area contributed by atoms with Gasteiger partial charge in [0.15, 0.2) is 0 Å². The Morgan fingerprint density at radius 2 is 1.91 bits per heavy atom. The van der Waals surface area contributed by atoms with Crippen LogP contribution in [0.5, 0.6) is 5.75 Å². The van der Waals surface area contributed by atoms with Crippen molar-refractivity contribution < 1.29 is 18.7 Å². The van der Waals surface area contributed by atoms with Crippen molar-refractivity contribution in [2.24, 2.45) is 0 Å². The van der Waals surface area contributed by atoms with Crippen LogP contribution in [0.15, 0.2) is 53.4 Å². The van der Waals surface area contributed by atoms with Crippen LogP contribution in [0.1, 0.15) is 38.2 Å². The largest absolute Gasteiger partial charge is 0.494 e. The van der Waals surface area contributed by atoms with Gasteiger partial charge in [0, 0.05) is 24.2 Å². The first-order valence-electron chi connectivity index (χ1n) is 10.5. The van der Waals surface area contributed by atoms with Crippen molar-refractivity contribution >= 4 is 51.9 Å². The zero-order chi connectivity index (χ0) is 22.9. The van der Waals surface area contributed by atoms with Gasteiger partial charge in [-0.25, -0.2) is 4.39 Å². The van der Waals surface area contributed by atoms with Crippen LogP contribution in [-0.4, -0.2) is 34.2 Å². The van der Waals surface area contributed by atoms with E-state index in [2.05, 4.69) is 5.32 Å². The number of unbranched alkanes of at least 4 members (excludes halogenated alkanes) is 2. The number of anilines is 1. The summed E-state index contributed by atoms with van der Waals surface area (Å²) in [5.74, 6) is 0.148. The molecule has 1 fully saturated rings. The SMILES string of the molecule is CCOc1ccc(NC(=O)CCCCCN2C(=O)/C(=C/c3ccccc3F)SC2=S)cc1. The van der Waals surface area contributed by atoms with Crippen molar-refractivity contribution in [2.75, 3.05) is 18.5 Å². The summed E-state index contributed by atoms with van der Waals surface area (Å²) in [5, 5.41) is 2.87. The number of thioether (sulfide) groups is 1. The van der Waals surface area contributed by atoms with Crippen LogP contribution >= 0.6 is 24.0 Å². The Morgan fingerprint density at radius 1 is 1.16 bits per heavy atom. The van der Waals surface area contributed by atoms with Crippen LogP contribution in [0.25, 0.3) is 6.08 Å². The predicted octanol–water partition coefficient (Wildman–Crippen LogP) is 5.62. The van der Waals surface area contributed by atoms with Gasteiger partial charge in [-0.2, -0.15) is 0 Å². The van der Waals surface area contributed by atoms with Crippen LogP contribution in [-0.2, 0) is 9.59 Å². The third-order valence-electron chi connectivity index (χ3n) is 4.80. The van der Waals surface area contributed by atoms with E-state index in [9.17, 15) is 14.0 Å². The van der Waals surface area contributed by atoms with Crippen molar-refractivity contribution in [1.29, 1.82) is 0 Å². The van der Waals surface area contributed by atoms with Gasteiger partial charge in [0.05, 0.1) is 11.5 Å². The number of nitrogens with one attached hydrogen (secondary N) is 1. The van der Waals surface area contributed by atoms with Gasteiger partial charge in [-0.3, -0.25) is 14.5 Å². The molecule has 1 heterocycles. The number of amides is 2. The van der Waals surface area contributed by atoms with Crippen LogP contribution < -0.4 is 10.1 Å². The Morgan fingerprint density at radius 3 is 2.62 bits per heavy atom. The Hall–Kier alpha value is -2.71. The molecule has 1 saturated heterocycles. The van der Waals surface area contributed by atoms with E-state index < -0.39 is 0 Å². The second-order valence-corrected chi connectivity index (χ2v) is 8.85. The lowest BCUT2D eigenvalue weighted by molar-refractivity contribution is -0.122. The number of rotatable bonds is 10. The molecule has 0 aromatic heterocycles. The summed E-state index contributed by atoms with van der Waals surface area (Å²) in [7, 11) is 0. The maximum atomic E-state index is 13.9. The minimum Gasteiger partial charge on any atom is -0.494 e. The third-order valence-corrected chi connectivity index (χ3v) is 6.18. The van der Waals surface area contributed by atoms with Gasteiger partial charge >= 0.3 is 0 Å². The molecule has 1 N–H and O–H groups in total. The minimum absolute atomic E-state index is 0.0485. The molecule has 168 valence electrons. The number of hydrogen-bond acceptors (Lipinski definition) is 5. The predicted molar refractivity (Wildman–Crippen MR) is 131 cm³/mol. The van der Waals surface area contributed by atoms with Gasteiger partial charge in [0.25, 0.3) is 5.91 Å². The van der Waals surface area contributed by atoms with Crippen LogP contribution in [0, 0.1) is 5.82 Å². The molecule has 2 aromatic carbocycles. The van der Waals surface area contributed by atoms with Crippen LogP contribution in [0.2, 0.25) is 0 Å². The maximum absolute atomic E-state index is 13.9. The number of thiocarbonyl (C=S) groups is 1. The average Bonchev–Trinajstić information content (AvgIpc) is 3.04. The van der Waals surface area contributed by atoms with E-state index in [0.717, 1.165) is 24.3 Å². The lowest BCUT2D eigenvalue weighted by Gasteiger charge is -2.14. The first-order valence-corrected chi connectivity index (χ1v) is 11.7. The summed E-state index contributed by atoms with van der Waals surface area (Å²) in [6.07, 6.45) is 4.18. The normalized spacial score (nSPS) is 14.8. The van der Waals surface area contributed by atoms with Crippen molar-refractivity contribution in [3.8, 4) is 5.75 Å². The van der Waals surface area contributed by atoms with Crippen molar-refractivity contribution in [1.82, 2.24) is 4.90 Å². The molecule has 5 nitrogen and oxygen atoms in total. The number of carbonyl (C=O) groups excluding carboxylic acids is 2. The standard InChI is InChI=1S/C24H25FN2O3S2/c1-2-30-19-13-11-18(12-14-19)26-22(28)10-4-3-7-15-27-23(29)21(32-24(27)31)16-17-8-5-6-9-20(17)25/h5-6,8-9,11-14,16H,2-4,7,10,15H2,1H3,(H,26,28)/b21-16-. The van der Waals surface area contributed by atoms with E-state index in [-0.39, 0.29) is 17.6 Å². The number of ether oxygens (including phenoxy) is 1. The monoisotopic (exact) mass is 472 g/mol. The molecule has 2 amide bonds. The lowest BCUT2D eigenvalue weighted by atomic mass is 10.1. The van der Waals surface area contributed by atoms with Gasteiger partial charge in [-0.15, -0.1) is 0 Å². The Bertz CT molecular complexity index is 1010. The van der Waals surface area contributed by atoms with Gasteiger partial charge in [0.1, 0.15) is 15.9 Å². The number of halogens is 1. The zero-order valence-electron chi connectivity index (χ0n) is 17.8. The fourth-order valence-electron chi connectivity index (χ4n) is 3.18. The molecule has 0 atom stereocenters. The fraction of sp³-hybridized carbons (Fsp3) is 0.292. The second-order valence-electron chi connectivity index (χ2n) is 7.17. The van der Waals surface area contributed by atoms with Crippen molar-refractivity contribution in [3.63, 3.8) is 0 Å². The highest BCUT2D eigenvalue weighted by atomic mass is 32.2. The highest BCUT2D eigenvalue weighted by Crippen LogP contribution is 2.33. The summed E-state index contributed by atoms with van der Waals surface area (Å²) in [4.78, 5) is 26.7. The molecule has 0 radical (unpaired) electrons. The molecule has 3 rings (SSSR count). The maximum Gasteiger partial charge on any atom is 0.266 e. The second kappa shape index (κ2) is 11.8. The summed E-state index contributed by atoms with van der Waals surface area (Å²) < 4.78 is 19.7. The first kappa shape index (κ1) is 23.9. The zero-order valence-corrected chi connectivity index (χ0v) is 19.4. The van der Waals surface area contributed by atoms with Crippen LogP contribution in [0.3, 0.4) is 0 Å². The molecule has 32 heavy (non-hydrogen) atoms. The fourth-order valence-corrected chi connectivity index (χ4v) is 4.48.